The molecule has 1 unspecified atom stereocenters. The Morgan fingerprint density at radius 2 is 1.66 bits per heavy atom. The molecule has 160 valence electrons. The number of ether oxygens (including phenoxy) is 4. The van der Waals surface area contributed by atoms with Crippen molar-refractivity contribution in [3.8, 4) is 17.2 Å². The van der Waals surface area contributed by atoms with Crippen molar-refractivity contribution in [2.45, 2.75) is 45.1 Å². The van der Waals surface area contributed by atoms with Gasteiger partial charge in [0.15, 0.2) is 17.6 Å². The summed E-state index contributed by atoms with van der Waals surface area (Å²) in [6.45, 7) is 2.21. The summed E-state index contributed by atoms with van der Waals surface area (Å²) in [7, 11) is 4.58. The fraction of sp³-hybridized carbons (Fsp3) is 0.545. The second kappa shape index (κ2) is 11.3. The lowest BCUT2D eigenvalue weighted by atomic mass is 9.89. The number of rotatable bonds is 9. The van der Waals surface area contributed by atoms with E-state index < -0.39 is 12.1 Å². The quantitative estimate of drug-likeness (QED) is 0.501. The highest BCUT2D eigenvalue weighted by Crippen LogP contribution is 2.35. The Labute approximate surface area is 172 Å². The van der Waals surface area contributed by atoms with E-state index >= 15 is 0 Å². The Hall–Kier alpha value is -2.70. The molecule has 1 atom stereocenters. The summed E-state index contributed by atoms with van der Waals surface area (Å²) < 4.78 is 21.1. The summed E-state index contributed by atoms with van der Waals surface area (Å²) in [5.74, 6) is 1.19. The first-order valence-electron chi connectivity index (χ1n) is 9.94. The van der Waals surface area contributed by atoms with E-state index in [0.29, 0.717) is 35.3 Å². The highest BCUT2D eigenvalue weighted by molar-refractivity contribution is 5.90. The van der Waals surface area contributed by atoms with Gasteiger partial charge in [0.1, 0.15) is 5.75 Å². The van der Waals surface area contributed by atoms with Gasteiger partial charge in [-0.2, -0.15) is 0 Å². The van der Waals surface area contributed by atoms with Crippen molar-refractivity contribution in [3.05, 3.63) is 23.8 Å². The molecule has 1 fully saturated rings. The molecule has 29 heavy (non-hydrogen) atoms. The Morgan fingerprint density at radius 1 is 1.03 bits per heavy atom. The predicted molar refractivity (Wildman–Crippen MR) is 110 cm³/mol. The second-order valence-corrected chi connectivity index (χ2v) is 7.11. The van der Waals surface area contributed by atoms with Gasteiger partial charge in [0.2, 0.25) is 0 Å². The maximum Gasteiger partial charge on any atom is 0.331 e. The maximum atomic E-state index is 12.2. The lowest BCUT2D eigenvalue weighted by molar-refractivity contribution is -0.150. The van der Waals surface area contributed by atoms with Crippen molar-refractivity contribution in [2.24, 2.45) is 5.92 Å². The number of hydrogen-bond donors (Lipinski definition) is 1. The summed E-state index contributed by atoms with van der Waals surface area (Å²) >= 11 is 0. The highest BCUT2D eigenvalue weighted by atomic mass is 16.5. The minimum atomic E-state index is -0.858. The van der Waals surface area contributed by atoms with Gasteiger partial charge in [-0.25, -0.2) is 4.79 Å². The van der Waals surface area contributed by atoms with Crippen molar-refractivity contribution in [1.29, 1.82) is 0 Å². The molecule has 1 aliphatic carbocycles. The molecule has 0 bridgehead atoms. The molecule has 0 spiro atoms. The third kappa shape index (κ3) is 6.69. The van der Waals surface area contributed by atoms with Crippen LogP contribution in [0.1, 0.15) is 44.6 Å². The van der Waals surface area contributed by atoms with E-state index in [-0.39, 0.29) is 5.91 Å². The molecule has 7 nitrogen and oxygen atoms in total. The van der Waals surface area contributed by atoms with E-state index in [0.717, 1.165) is 12.8 Å². The van der Waals surface area contributed by atoms with Crippen LogP contribution < -0.4 is 19.5 Å². The molecular weight excluding hydrogens is 374 g/mol. The van der Waals surface area contributed by atoms with Gasteiger partial charge in [0.05, 0.1) is 21.3 Å². The number of amides is 1. The van der Waals surface area contributed by atoms with Gasteiger partial charge in [-0.15, -0.1) is 0 Å². The van der Waals surface area contributed by atoms with Crippen molar-refractivity contribution in [2.75, 3.05) is 27.9 Å². The summed E-state index contributed by atoms with van der Waals surface area (Å²) in [5.41, 5.74) is 0.622. The monoisotopic (exact) mass is 405 g/mol. The van der Waals surface area contributed by atoms with Gasteiger partial charge in [-0.1, -0.05) is 19.3 Å². The molecule has 1 aliphatic rings. The van der Waals surface area contributed by atoms with Crippen LogP contribution in [0.5, 0.6) is 17.2 Å². The third-order valence-corrected chi connectivity index (χ3v) is 5.09. The fourth-order valence-corrected chi connectivity index (χ4v) is 3.39. The number of benzene rings is 1. The van der Waals surface area contributed by atoms with E-state index in [9.17, 15) is 9.59 Å². The van der Waals surface area contributed by atoms with Gasteiger partial charge in [-0.3, -0.25) is 4.79 Å². The number of carbonyl (C=O) groups excluding carboxylic acids is 2. The average Bonchev–Trinajstić information content (AvgIpc) is 2.75. The van der Waals surface area contributed by atoms with Crippen LogP contribution >= 0.6 is 0 Å². The second-order valence-electron chi connectivity index (χ2n) is 7.11. The highest BCUT2D eigenvalue weighted by Gasteiger charge is 2.19. The Morgan fingerprint density at radius 3 is 2.28 bits per heavy atom. The van der Waals surface area contributed by atoms with Crippen molar-refractivity contribution >= 4 is 18.0 Å². The summed E-state index contributed by atoms with van der Waals surface area (Å²) in [6, 6.07) is 3.37. The lowest BCUT2D eigenvalue weighted by Gasteiger charge is -2.22. The van der Waals surface area contributed by atoms with E-state index in [1.165, 1.54) is 46.7 Å². The minimum absolute atomic E-state index is 0.277. The van der Waals surface area contributed by atoms with Crippen LogP contribution in [0.15, 0.2) is 18.2 Å². The van der Waals surface area contributed by atoms with E-state index in [1.54, 1.807) is 25.1 Å². The van der Waals surface area contributed by atoms with Gasteiger partial charge in [0, 0.05) is 24.3 Å². The van der Waals surface area contributed by atoms with Crippen LogP contribution in [0, 0.1) is 5.92 Å². The van der Waals surface area contributed by atoms with E-state index in [4.69, 9.17) is 18.9 Å². The minimum Gasteiger partial charge on any atom is -0.496 e. The van der Waals surface area contributed by atoms with Gasteiger partial charge < -0.3 is 24.3 Å². The van der Waals surface area contributed by atoms with Crippen LogP contribution in [0.3, 0.4) is 0 Å². The molecule has 0 saturated heterocycles. The Kier molecular flexibility index (Phi) is 8.83. The molecular formula is C22H31NO6. The molecule has 1 aromatic rings. The first kappa shape index (κ1) is 22.6. The Bertz CT molecular complexity index is 724. The third-order valence-electron chi connectivity index (χ3n) is 5.09. The lowest BCUT2D eigenvalue weighted by Crippen LogP contribution is -2.38. The first-order chi connectivity index (χ1) is 14.0. The number of carbonyl (C=O) groups is 2. The maximum absolute atomic E-state index is 12.2. The van der Waals surface area contributed by atoms with Crippen LogP contribution in [0.2, 0.25) is 0 Å². The molecule has 1 aromatic carbocycles. The van der Waals surface area contributed by atoms with Gasteiger partial charge in [0.25, 0.3) is 5.91 Å². The van der Waals surface area contributed by atoms with Crippen LogP contribution in [0.4, 0.5) is 0 Å². The normalized spacial score (nSPS) is 15.6. The smallest absolute Gasteiger partial charge is 0.331 e. The standard InChI is InChI=1S/C22H31NO6/c1-15(22(25)23-14-16-8-6-5-7-9-16)29-21(24)11-10-17-12-19(27-3)20(28-4)13-18(17)26-2/h10-13,15-16H,5-9,14H2,1-4H3,(H,23,25)/b11-10+. The van der Waals surface area contributed by atoms with Gasteiger partial charge in [-0.05, 0) is 37.8 Å². The molecule has 0 aromatic heterocycles. The molecule has 7 heteroatoms. The van der Waals surface area contributed by atoms with Crippen LogP contribution in [-0.4, -0.2) is 45.9 Å². The average molecular weight is 405 g/mol. The number of hydrogen-bond acceptors (Lipinski definition) is 6. The fourth-order valence-electron chi connectivity index (χ4n) is 3.39. The van der Waals surface area contributed by atoms with Gasteiger partial charge >= 0.3 is 5.97 Å². The number of nitrogens with one attached hydrogen (secondary N) is 1. The molecule has 0 radical (unpaired) electrons. The molecule has 2 rings (SSSR count). The zero-order valence-corrected chi connectivity index (χ0v) is 17.7. The topological polar surface area (TPSA) is 83.1 Å². The molecule has 1 amide bonds. The van der Waals surface area contributed by atoms with Crippen molar-refractivity contribution in [1.82, 2.24) is 5.32 Å². The molecule has 0 heterocycles. The summed E-state index contributed by atoms with van der Waals surface area (Å²) in [4.78, 5) is 24.3. The molecule has 1 N–H and O–H groups in total. The van der Waals surface area contributed by atoms with E-state index in [1.807, 2.05) is 0 Å². The Balaban J connectivity index is 1.91. The van der Waals surface area contributed by atoms with Crippen molar-refractivity contribution in [3.63, 3.8) is 0 Å². The zero-order chi connectivity index (χ0) is 21.2. The first-order valence-corrected chi connectivity index (χ1v) is 9.94. The number of methoxy groups -OCH3 is 3. The van der Waals surface area contributed by atoms with Crippen molar-refractivity contribution < 1.29 is 28.5 Å². The zero-order valence-electron chi connectivity index (χ0n) is 17.7. The summed E-state index contributed by atoms with van der Waals surface area (Å²) in [6.07, 6.45) is 7.95. The SMILES string of the molecule is COc1cc(OC)c(OC)cc1/C=C/C(=O)OC(C)C(=O)NCC1CCCCC1. The molecule has 1 saturated carbocycles. The van der Waals surface area contributed by atoms with E-state index in [2.05, 4.69) is 5.32 Å². The number of esters is 1. The summed E-state index contributed by atoms with van der Waals surface area (Å²) in [5, 5.41) is 2.89. The van der Waals surface area contributed by atoms with Crippen LogP contribution in [-0.2, 0) is 14.3 Å². The largest absolute Gasteiger partial charge is 0.496 e. The van der Waals surface area contributed by atoms with Crippen LogP contribution in [0.25, 0.3) is 6.08 Å². The predicted octanol–water partition coefficient (Wildman–Crippen LogP) is 3.35. The molecule has 0 aliphatic heterocycles.